The molecule has 0 heterocycles. The van der Waals surface area contributed by atoms with Crippen molar-refractivity contribution in [1.82, 2.24) is 10.2 Å². The van der Waals surface area contributed by atoms with Crippen LogP contribution in [0.15, 0.2) is 42.5 Å². The maximum atomic E-state index is 12.0. The van der Waals surface area contributed by atoms with Gasteiger partial charge in [0.2, 0.25) is 5.91 Å². The van der Waals surface area contributed by atoms with Gasteiger partial charge in [-0.05, 0) is 29.2 Å². The summed E-state index contributed by atoms with van der Waals surface area (Å²) >= 11 is 0. The molecule has 26 heavy (non-hydrogen) atoms. The maximum Gasteiger partial charge on any atom is 0.221 e. The molecule has 2 aromatic rings. The molecule has 0 unspecified atom stereocenters. The number of aliphatic hydroxyl groups is 1. The Morgan fingerprint density at radius 3 is 2.77 bits per heavy atom. The molecule has 1 aliphatic rings. The van der Waals surface area contributed by atoms with Crippen molar-refractivity contribution >= 4 is 16.7 Å². The minimum absolute atomic E-state index is 0.0124. The van der Waals surface area contributed by atoms with Crippen LogP contribution in [0, 0.1) is 0 Å². The van der Waals surface area contributed by atoms with Gasteiger partial charge in [-0.25, -0.2) is 0 Å². The van der Waals surface area contributed by atoms with E-state index < -0.39 is 0 Å². The van der Waals surface area contributed by atoms with Gasteiger partial charge in [-0.3, -0.25) is 9.69 Å². The zero-order chi connectivity index (χ0) is 18.2. The van der Waals surface area contributed by atoms with Crippen LogP contribution in [0.1, 0.15) is 24.8 Å². The van der Waals surface area contributed by atoms with Crippen LogP contribution in [-0.2, 0) is 16.1 Å². The van der Waals surface area contributed by atoms with Crippen molar-refractivity contribution in [1.29, 1.82) is 0 Å². The molecule has 2 aromatic carbocycles. The first-order valence-corrected chi connectivity index (χ1v) is 9.44. The van der Waals surface area contributed by atoms with E-state index in [1.165, 1.54) is 29.2 Å². The zero-order valence-electron chi connectivity index (χ0n) is 15.2. The van der Waals surface area contributed by atoms with Crippen LogP contribution in [0.4, 0.5) is 0 Å². The predicted molar refractivity (Wildman–Crippen MR) is 103 cm³/mol. The Kier molecular flexibility index (Phi) is 7.00. The Hall–Kier alpha value is -1.95. The number of carbonyl (C=O) groups excluding carboxylic acids is 1. The molecular weight excluding hydrogens is 328 g/mol. The molecule has 1 aliphatic carbocycles. The summed E-state index contributed by atoms with van der Waals surface area (Å²) < 4.78 is 5.15. The highest BCUT2D eigenvalue weighted by atomic mass is 16.5. The maximum absolute atomic E-state index is 12.0. The first-order chi connectivity index (χ1) is 12.8. The lowest BCUT2D eigenvalue weighted by Crippen LogP contribution is -2.33. The number of hydrogen-bond donors (Lipinski definition) is 2. The first-order valence-electron chi connectivity index (χ1n) is 9.44. The third kappa shape index (κ3) is 5.53. The fraction of sp³-hybridized carbons (Fsp3) is 0.476. The molecular formula is C21H28N2O3. The van der Waals surface area contributed by atoms with Gasteiger partial charge in [-0.1, -0.05) is 42.5 Å². The number of fused-ring (bicyclic) bond motifs is 1. The van der Waals surface area contributed by atoms with E-state index in [4.69, 9.17) is 9.84 Å². The van der Waals surface area contributed by atoms with Crippen LogP contribution in [0.25, 0.3) is 10.8 Å². The largest absolute Gasteiger partial charge is 0.394 e. The summed E-state index contributed by atoms with van der Waals surface area (Å²) in [6.45, 7) is 2.92. The second-order valence-electron chi connectivity index (χ2n) is 6.78. The van der Waals surface area contributed by atoms with Crippen LogP contribution in [0.5, 0.6) is 0 Å². The molecule has 0 bridgehead atoms. The second kappa shape index (κ2) is 9.67. The average molecular weight is 356 g/mol. The normalized spacial score (nSPS) is 14.1. The van der Waals surface area contributed by atoms with Gasteiger partial charge < -0.3 is 15.2 Å². The molecule has 2 N–H and O–H groups in total. The molecule has 0 radical (unpaired) electrons. The van der Waals surface area contributed by atoms with Crippen LogP contribution < -0.4 is 5.32 Å². The molecule has 1 amide bonds. The molecule has 0 saturated heterocycles. The van der Waals surface area contributed by atoms with Gasteiger partial charge in [0.15, 0.2) is 0 Å². The molecule has 1 fully saturated rings. The van der Waals surface area contributed by atoms with Crippen molar-refractivity contribution in [2.24, 2.45) is 0 Å². The van der Waals surface area contributed by atoms with Crippen molar-refractivity contribution in [2.75, 3.05) is 32.9 Å². The van der Waals surface area contributed by atoms with Crippen LogP contribution >= 0.6 is 0 Å². The lowest BCUT2D eigenvalue weighted by molar-refractivity contribution is -0.121. The van der Waals surface area contributed by atoms with Crippen molar-refractivity contribution in [3.63, 3.8) is 0 Å². The highest BCUT2D eigenvalue weighted by Crippen LogP contribution is 2.30. The van der Waals surface area contributed by atoms with E-state index in [-0.39, 0.29) is 12.5 Å². The minimum atomic E-state index is 0.0124. The summed E-state index contributed by atoms with van der Waals surface area (Å²) in [4.78, 5) is 14.5. The molecule has 5 nitrogen and oxygen atoms in total. The quantitative estimate of drug-likeness (QED) is 0.607. The Labute approximate surface area is 155 Å². The Bertz CT molecular complexity index is 710. The molecule has 0 atom stereocenters. The fourth-order valence-corrected chi connectivity index (χ4v) is 3.24. The molecule has 140 valence electrons. The molecule has 0 aliphatic heterocycles. The van der Waals surface area contributed by atoms with E-state index >= 15 is 0 Å². The molecule has 0 spiro atoms. The number of amides is 1. The molecule has 0 aromatic heterocycles. The van der Waals surface area contributed by atoms with E-state index in [9.17, 15) is 4.79 Å². The summed E-state index contributed by atoms with van der Waals surface area (Å²) in [5.74, 6) is 0.0566. The standard InChI is InChI=1S/C21H28N2O3/c24-13-15-26-14-11-22-21(25)10-12-23(19-8-9-19)16-18-6-3-5-17-4-1-2-7-20(17)18/h1-7,19,24H,8-16H2,(H,22,25). The SMILES string of the molecule is O=C(CCN(Cc1cccc2ccccc12)C1CC1)NCCOCCO. The van der Waals surface area contributed by atoms with Gasteiger partial charge in [0, 0.05) is 32.1 Å². The number of aliphatic hydroxyl groups excluding tert-OH is 1. The number of benzene rings is 2. The zero-order valence-corrected chi connectivity index (χ0v) is 15.2. The van der Waals surface area contributed by atoms with Crippen molar-refractivity contribution in [3.05, 3.63) is 48.0 Å². The Morgan fingerprint density at radius 2 is 1.96 bits per heavy atom. The van der Waals surface area contributed by atoms with E-state index in [1.54, 1.807) is 0 Å². The minimum Gasteiger partial charge on any atom is -0.394 e. The third-order valence-electron chi connectivity index (χ3n) is 4.75. The summed E-state index contributed by atoms with van der Waals surface area (Å²) in [6, 6.07) is 15.5. The van der Waals surface area contributed by atoms with Crippen molar-refractivity contribution < 1.29 is 14.6 Å². The number of nitrogens with zero attached hydrogens (tertiary/aromatic N) is 1. The highest BCUT2D eigenvalue weighted by Gasteiger charge is 2.29. The smallest absolute Gasteiger partial charge is 0.221 e. The predicted octanol–water partition coefficient (Wildman–Crippen LogP) is 2.32. The van der Waals surface area contributed by atoms with Crippen LogP contribution in [0.2, 0.25) is 0 Å². The molecule has 3 rings (SSSR count). The summed E-state index contributed by atoms with van der Waals surface area (Å²) in [5, 5.41) is 14.1. The number of ether oxygens (including phenoxy) is 1. The van der Waals surface area contributed by atoms with E-state index in [0.29, 0.717) is 32.2 Å². The van der Waals surface area contributed by atoms with Gasteiger partial charge >= 0.3 is 0 Å². The second-order valence-corrected chi connectivity index (χ2v) is 6.78. The summed E-state index contributed by atoms with van der Waals surface area (Å²) in [7, 11) is 0. The number of carbonyl (C=O) groups is 1. The van der Waals surface area contributed by atoms with Crippen molar-refractivity contribution in [2.45, 2.75) is 31.8 Å². The van der Waals surface area contributed by atoms with Gasteiger partial charge in [-0.15, -0.1) is 0 Å². The van der Waals surface area contributed by atoms with Crippen LogP contribution in [0.3, 0.4) is 0 Å². The number of rotatable bonds is 11. The summed E-state index contributed by atoms with van der Waals surface area (Å²) in [5.41, 5.74) is 1.33. The first kappa shape index (κ1) is 18.8. The molecule has 5 heteroatoms. The van der Waals surface area contributed by atoms with Gasteiger partial charge in [0.25, 0.3) is 0 Å². The molecule has 1 saturated carbocycles. The Balaban J connectivity index is 1.51. The highest BCUT2D eigenvalue weighted by molar-refractivity contribution is 5.85. The van der Waals surface area contributed by atoms with Crippen LogP contribution in [-0.4, -0.2) is 54.9 Å². The van der Waals surface area contributed by atoms with Gasteiger partial charge in [0.1, 0.15) is 0 Å². The average Bonchev–Trinajstić information content (AvgIpc) is 3.50. The third-order valence-corrected chi connectivity index (χ3v) is 4.75. The Morgan fingerprint density at radius 1 is 1.15 bits per heavy atom. The summed E-state index contributed by atoms with van der Waals surface area (Å²) in [6.07, 6.45) is 2.95. The number of nitrogens with one attached hydrogen (secondary N) is 1. The van der Waals surface area contributed by atoms with E-state index in [1.807, 2.05) is 0 Å². The lowest BCUT2D eigenvalue weighted by Gasteiger charge is -2.22. The van der Waals surface area contributed by atoms with Gasteiger partial charge in [-0.2, -0.15) is 0 Å². The fourth-order valence-electron chi connectivity index (χ4n) is 3.24. The number of hydrogen-bond acceptors (Lipinski definition) is 4. The monoisotopic (exact) mass is 356 g/mol. The van der Waals surface area contributed by atoms with E-state index in [2.05, 4.69) is 52.7 Å². The topological polar surface area (TPSA) is 61.8 Å². The van der Waals surface area contributed by atoms with E-state index in [0.717, 1.165) is 13.1 Å². The van der Waals surface area contributed by atoms with Crippen molar-refractivity contribution in [3.8, 4) is 0 Å². The lowest BCUT2D eigenvalue weighted by atomic mass is 10.0. The van der Waals surface area contributed by atoms with Gasteiger partial charge in [0.05, 0.1) is 19.8 Å².